The smallest absolute Gasteiger partial charge is 0.253 e. The zero-order valence-electron chi connectivity index (χ0n) is 15.2. The van der Waals surface area contributed by atoms with Gasteiger partial charge in [-0.1, -0.05) is 26.3 Å². The van der Waals surface area contributed by atoms with Crippen molar-refractivity contribution in [3.8, 4) is 6.07 Å². The topological polar surface area (TPSA) is 77.8 Å². The summed E-state index contributed by atoms with van der Waals surface area (Å²) >= 11 is 0. The molecular weight excluding hydrogens is 324 g/mol. The van der Waals surface area contributed by atoms with Crippen molar-refractivity contribution >= 4 is 17.4 Å². The van der Waals surface area contributed by atoms with E-state index in [1.165, 1.54) is 19.3 Å². The summed E-state index contributed by atoms with van der Waals surface area (Å²) in [7, 11) is 0. The number of rotatable bonds is 6. The SMILES string of the molecule is CC(C)c1cc(Nc2cccc(C#N)c2)ncc1C(=O)NCC1CCC1. The maximum Gasteiger partial charge on any atom is 0.253 e. The number of benzene rings is 1. The van der Waals surface area contributed by atoms with Crippen LogP contribution in [0.5, 0.6) is 0 Å². The summed E-state index contributed by atoms with van der Waals surface area (Å²) in [6, 6.07) is 11.3. The summed E-state index contributed by atoms with van der Waals surface area (Å²) in [6.45, 7) is 4.88. The molecule has 2 N–H and O–H groups in total. The summed E-state index contributed by atoms with van der Waals surface area (Å²) in [6.07, 6.45) is 5.33. The van der Waals surface area contributed by atoms with Crippen molar-refractivity contribution in [1.82, 2.24) is 10.3 Å². The van der Waals surface area contributed by atoms with Crippen molar-refractivity contribution < 1.29 is 4.79 Å². The molecule has 0 radical (unpaired) electrons. The maximum absolute atomic E-state index is 12.6. The van der Waals surface area contributed by atoms with Crippen LogP contribution in [-0.4, -0.2) is 17.4 Å². The fourth-order valence-corrected chi connectivity index (χ4v) is 3.05. The van der Waals surface area contributed by atoms with Gasteiger partial charge in [-0.25, -0.2) is 4.98 Å². The number of nitriles is 1. The molecular formula is C21H24N4O. The van der Waals surface area contributed by atoms with E-state index in [1.807, 2.05) is 18.2 Å². The summed E-state index contributed by atoms with van der Waals surface area (Å²) in [5.41, 5.74) is 2.99. The zero-order chi connectivity index (χ0) is 18.5. The molecule has 5 heteroatoms. The Morgan fingerprint density at radius 2 is 2.15 bits per heavy atom. The van der Waals surface area contributed by atoms with E-state index in [0.717, 1.165) is 17.8 Å². The van der Waals surface area contributed by atoms with Gasteiger partial charge < -0.3 is 10.6 Å². The number of nitrogens with one attached hydrogen (secondary N) is 2. The molecule has 2 aromatic rings. The highest BCUT2D eigenvalue weighted by atomic mass is 16.1. The van der Waals surface area contributed by atoms with Crippen LogP contribution in [0, 0.1) is 17.2 Å². The highest BCUT2D eigenvalue weighted by Gasteiger charge is 2.20. The van der Waals surface area contributed by atoms with Gasteiger partial charge in [0.15, 0.2) is 0 Å². The van der Waals surface area contributed by atoms with Crippen LogP contribution >= 0.6 is 0 Å². The first-order chi connectivity index (χ1) is 12.6. The van der Waals surface area contributed by atoms with Crippen LogP contribution in [0.15, 0.2) is 36.5 Å². The van der Waals surface area contributed by atoms with Gasteiger partial charge in [0, 0.05) is 18.4 Å². The summed E-state index contributed by atoms with van der Waals surface area (Å²) in [4.78, 5) is 17.0. The Hall–Kier alpha value is -2.87. The van der Waals surface area contributed by atoms with Crippen molar-refractivity contribution in [3.05, 3.63) is 53.2 Å². The van der Waals surface area contributed by atoms with E-state index in [1.54, 1.807) is 18.3 Å². The number of amides is 1. The van der Waals surface area contributed by atoms with Gasteiger partial charge in [0.25, 0.3) is 5.91 Å². The lowest BCUT2D eigenvalue weighted by Crippen LogP contribution is -2.32. The second-order valence-electron chi connectivity index (χ2n) is 7.14. The molecule has 1 aliphatic carbocycles. The van der Waals surface area contributed by atoms with Gasteiger partial charge in [0.1, 0.15) is 5.82 Å². The highest BCUT2D eigenvalue weighted by Crippen LogP contribution is 2.26. The van der Waals surface area contributed by atoms with Crippen LogP contribution in [0.2, 0.25) is 0 Å². The standard InChI is InChI=1S/C21H24N4O/c1-14(2)18-10-20(25-17-8-4-7-16(9-17)11-22)23-13-19(18)21(26)24-12-15-5-3-6-15/h4,7-10,13-15H,3,5-6,12H2,1-2H3,(H,23,25)(H,24,26). The number of pyridine rings is 1. The second-order valence-corrected chi connectivity index (χ2v) is 7.14. The van der Waals surface area contributed by atoms with E-state index < -0.39 is 0 Å². The highest BCUT2D eigenvalue weighted by molar-refractivity contribution is 5.95. The Bertz CT molecular complexity index is 834. The fourth-order valence-electron chi connectivity index (χ4n) is 3.05. The van der Waals surface area contributed by atoms with Gasteiger partial charge in [-0.3, -0.25) is 4.79 Å². The van der Waals surface area contributed by atoms with E-state index in [4.69, 9.17) is 5.26 Å². The zero-order valence-corrected chi connectivity index (χ0v) is 15.2. The van der Waals surface area contributed by atoms with Crippen molar-refractivity contribution in [1.29, 1.82) is 5.26 Å². The Morgan fingerprint density at radius 3 is 2.81 bits per heavy atom. The first kappa shape index (κ1) is 17.9. The Kier molecular flexibility index (Phi) is 5.52. The lowest BCUT2D eigenvalue weighted by Gasteiger charge is -2.25. The predicted octanol–water partition coefficient (Wildman–Crippen LogP) is 4.35. The van der Waals surface area contributed by atoms with Crippen LogP contribution in [0.1, 0.15) is 60.5 Å². The van der Waals surface area contributed by atoms with E-state index in [-0.39, 0.29) is 11.8 Å². The van der Waals surface area contributed by atoms with Crippen LogP contribution < -0.4 is 10.6 Å². The summed E-state index contributed by atoms with van der Waals surface area (Å²) < 4.78 is 0. The molecule has 0 aliphatic heterocycles. The van der Waals surface area contributed by atoms with Crippen molar-refractivity contribution in [2.45, 2.75) is 39.0 Å². The summed E-state index contributed by atoms with van der Waals surface area (Å²) in [5.74, 6) is 1.45. The molecule has 3 rings (SSSR count). The first-order valence-corrected chi connectivity index (χ1v) is 9.12. The molecule has 0 saturated heterocycles. The molecule has 1 saturated carbocycles. The molecule has 0 atom stereocenters. The van der Waals surface area contributed by atoms with Gasteiger partial charge >= 0.3 is 0 Å². The molecule has 1 amide bonds. The molecule has 1 fully saturated rings. The minimum Gasteiger partial charge on any atom is -0.352 e. The maximum atomic E-state index is 12.6. The van der Waals surface area contributed by atoms with Crippen LogP contribution in [0.3, 0.4) is 0 Å². The van der Waals surface area contributed by atoms with Crippen LogP contribution in [0.4, 0.5) is 11.5 Å². The third kappa shape index (κ3) is 4.20. The van der Waals surface area contributed by atoms with Gasteiger partial charge in [0.2, 0.25) is 0 Å². The van der Waals surface area contributed by atoms with Gasteiger partial charge in [0.05, 0.1) is 17.2 Å². The lowest BCUT2D eigenvalue weighted by molar-refractivity contribution is 0.0937. The van der Waals surface area contributed by atoms with Crippen LogP contribution in [0.25, 0.3) is 0 Å². The third-order valence-electron chi connectivity index (χ3n) is 4.84. The van der Waals surface area contributed by atoms with Gasteiger partial charge in [-0.15, -0.1) is 0 Å². The molecule has 1 aliphatic rings. The molecule has 134 valence electrons. The Balaban J connectivity index is 1.77. The summed E-state index contributed by atoms with van der Waals surface area (Å²) in [5, 5.41) is 15.3. The fraction of sp³-hybridized carbons (Fsp3) is 0.381. The number of hydrogen-bond acceptors (Lipinski definition) is 4. The number of hydrogen-bond donors (Lipinski definition) is 2. The van der Waals surface area contributed by atoms with E-state index in [0.29, 0.717) is 22.9 Å². The molecule has 1 aromatic carbocycles. The number of carbonyl (C=O) groups is 1. The Morgan fingerprint density at radius 1 is 1.35 bits per heavy atom. The lowest BCUT2D eigenvalue weighted by atomic mass is 9.85. The quantitative estimate of drug-likeness (QED) is 0.813. The number of aromatic nitrogens is 1. The minimum absolute atomic E-state index is 0.0499. The van der Waals surface area contributed by atoms with Crippen molar-refractivity contribution in [2.75, 3.05) is 11.9 Å². The van der Waals surface area contributed by atoms with Crippen molar-refractivity contribution in [2.24, 2.45) is 5.92 Å². The predicted molar refractivity (Wildman–Crippen MR) is 102 cm³/mol. The van der Waals surface area contributed by atoms with Crippen LogP contribution in [-0.2, 0) is 0 Å². The number of nitrogens with zero attached hydrogens (tertiary/aromatic N) is 2. The molecule has 0 unspecified atom stereocenters. The molecule has 5 nitrogen and oxygen atoms in total. The number of anilines is 2. The normalized spacial score (nSPS) is 13.8. The third-order valence-corrected chi connectivity index (χ3v) is 4.84. The largest absolute Gasteiger partial charge is 0.352 e. The first-order valence-electron chi connectivity index (χ1n) is 9.12. The number of carbonyl (C=O) groups excluding carboxylic acids is 1. The van der Waals surface area contributed by atoms with E-state index in [2.05, 4.69) is 35.5 Å². The molecule has 0 spiro atoms. The average molecular weight is 348 g/mol. The molecule has 0 bridgehead atoms. The monoisotopic (exact) mass is 348 g/mol. The van der Waals surface area contributed by atoms with E-state index >= 15 is 0 Å². The van der Waals surface area contributed by atoms with Gasteiger partial charge in [-0.05, 0) is 54.5 Å². The second kappa shape index (κ2) is 8.01. The Labute approximate surface area is 154 Å². The minimum atomic E-state index is -0.0499. The van der Waals surface area contributed by atoms with Gasteiger partial charge in [-0.2, -0.15) is 5.26 Å². The molecule has 1 aromatic heterocycles. The van der Waals surface area contributed by atoms with Crippen molar-refractivity contribution in [3.63, 3.8) is 0 Å². The molecule has 1 heterocycles. The molecule has 26 heavy (non-hydrogen) atoms. The van der Waals surface area contributed by atoms with E-state index in [9.17, 15) is 4.79 Å². The average Bonchev–Trinajstić information content (AvgIpc) is 2.60.